The Morgan fingerprint density at radius 3 is 2.38 bits per heavy atom. The average molecular weight is 241 g/mol. The van der Waals surface area contributed by atoms with Crippen LogP contribution in [-0.2, 0) is 4.79 Å². The summed E-state index contributed by atoms with van der Waals surface area (Å²) in [5.41, 5.74) is 6.59. The summed E-state index contributed by atoms with van der Waals surface area (Å²) in [6, 6.07) is -0.425. The predicted octanol–water partition coefficient (Wildman–Crippen LogP) is 1.63. The summed E-state index contributed by atoms with van der Waals surface area (Å²) >= 11 is 1.63. The second kappa shape index (κ2) is 4.93. The molecule has 0 saturated heterocycles. The van der Waals surface area contributed by atoms with Crippen molar-refractivity contribution >= 4 is 17.2 Å². The number of hydrogen-bond donors (Lipinski definition) is 1. The lowest BCUT2D eigenvalue weighted by Gasteiger charge is -2.26. The molecular formula is C11H19N3OS. The third kappa shape index (κ3) is 2.59. The highest BCUT2D eigenvalue weighted by molar-refractivity contribution is 7.11. The molecule has 0 aliphatic rings. The first-order chi connectivity index (χ1) is 7.34. The van der Waals surface area contributed by atoms with Crippen LogP contribution in [0.15, 0.2) is 0 Å². The van der Waals surface area contributed by atoms with Gasteiger partial charge in [0.15, 0.2) is 0 Å². The number of hydrogen-bond acceptors (Lipinski definition) is 4. The number of likely N-dealkylation sites (N-methyl/N-ethyl adjacent to an activating group) is 1. The molecule has 5 heteroatoms. The van der Waals surface area contributed by atoms with Gasteiger partial charge in [-0.1, -0.05) is 0 Å². The number of nitrogens with zero attached hydrogens (tertiary/aromatic N) is 2. The summed E-state index contributed by atoms with van der Waals surface area (Å²) < 4.78 is 0. The van der Waals surface area contributed by atoms with Crippen molar-refractivity contribution in [3.63, 3.8) is 0 Å². The van der Waals surface area contributed by atoms with Gasteiger partial charge in [0, 0.05) is 11.9 Å². The van der Waals surface area contributed by atoms with Crippen LogP contribution in [0.3, 0.4) is 0 Å². The van der Waals surface area contributed by atoms with Gasteiger partial charge in [0.1, 0.15) is 0 Å². The Kier molecular flexibility index (Phi) is 4.04. The van der Waals surface area contributed by atoms with Crippen molar-refractivity contribution in [3.05, 3.63) is 15.6 Å². The minimum Gasteiger partial charge on any atom is -0.337 e. The van der Waals surface area contributed by atoms with Gasteiger partial charge in [-0.2, -0.15) is 0 Å². The molecule has 1 heterocycles. The van der Waals surface area contributed by atoms with Crippen molar-refractivity contribution in [1.82, 2.24) is 9.88 Å². The van der Waals surface area contributed by atoms with E-state index in [2.05, 4.69) is 4.98 Å². The maximum absolute atomic E-state index is 11.8. The van der Waals surface area contributed by atoms with Crippen LogP contribution in [0.4, 0.5) is 0 Å². The summed E-state index contributed by atoms with van der Waals surface area (Å²) in [6.45, 7) is 7.65. The molecule has 0 radical (unpaired) electrons. The van der Waals surface area contributed by atoms with Crippen molar-refractivity contribution in [2.45, 2.75) is 39.8 Å². The molecule has 1 aromatic rings. The first kappa shape index (κ1) is 13.1. The van der Waals surface area contributed by atoms with Crippen LogP contribution < -0.4 is 5.73 Å². The molecule has 2 unspecified atom stereocenters. The molecule has 1 rings (SSSR count). The summed E-state index contributed by atoms with van der Waals surface area (Å²) in [5.74, 6) is -0.0436. The molecule has 4 nitrogen and oxygen atoms in total. The van der Waals surface area contributed by atoms with Crippen LogP contribution in [0.25, 0.3) is 0 Å². The number of nitrogens with two attached hydrogens (primary N) is 1. The highest BCUT2D eigenvalue weighted by atomic mass is 32.1. The fourth-order valence-corrected chi connectivity index (χ4v) is 2.65. The van der Waals surface area contributed by atoms with Crippen LogP contribution in [0.5, 0.6) is 0 Å². The zero-order chi connectivity index (χ0) is 12.5. The predicted molar refractivity (Wildman–Crippen MR) is 66.4 cm³/mol. The summed E-state index contributed by atoms with van der Waals surface area (Å²) in [5, 5.41) is 1.03. The Morgan fingerprint density at radius 2 is 2.00 bits per heavy atom. The van der Waals surface area contributed by atoms with Crippen LogP contribution >= 0.6 is 11.3 Å². The minimum absolute atomic E-state index is 0.0321. The Bertz CT molecular complexity index is 387. The molecule has 0 aromatic carbocycles. The van der Waals surface area contributed by atoms with E-state index in [1.807, 2.05) is 20.8 Å². The van der Waals surface area contributed by atoms with Gasteiger partial charge >= 0.3 is 0 Å². The fourth-order valence-electron chi connectivity index (χ4n) is 1.62. The van der Waals surface area contributed by atoms with E-state index in [9.17, 15) is 4.79 Å². The largest absolute Gasteiger partial charge is 0.337 e. The molecule has 1 aromatic heterocycles. The molecule has 0 saturated carbocycles. The van der Waals surface area contributed by atoms with E-state index >= 15 is 0 Å². The summed E-state index contributed by atoms with van der Waals surface area (Å²) in [6.07, 6.45) is 0. The first-order valence-electron chi connectivity index (χ1n) is 5.30. The van der Waals surface area contributed by atoms with Crippen LogP contribution in [0, 0.1) is 13.8 Å². The number of amides is 1. The lowest BCUT2D eigenvalue weighted by molar-refractivity contribution is -0.132. The zero-order valence-corrected chi connectivity index (χ0v) is 11.3. The Morgan fingerprint density at radius 1 is 1.44 bits per heavy atom. The molecule has 2 atom stereocenters. The van der Waals surface area contributed by atoms with Crippen molar-refractivity contribution in [2.75, 3.05) is 7.05 Å². The Balaban J connectivity index is 2.89. The minimum atomic E-state index is -0.457. The molecular weight excluding hydrogens is 222 g/mol. The van der Waals surface area contributed by atoms with Gasteiger partial charge < -0.3 is 10.6 Å². The first-order valence-corrected chi connectivity index (χ1v) is 6.12. The van der Waals surface area contributed by atoms with Gasteiger partial charge in [0.25, 0.3) is 0 Å². The number of rotatable bonds is 3. The molecule has 0 spiro atoms. The fraction of sp³-hybridized carbons (Fsp3) is 0.636. The highest BCUT2D eigenvalue weighted by Crippen LogP contribution is 2.28. The van der Waals surface area contributed by atoms with E-state index in [4.69, 9.17) is 5.73 Å². The van der Waals surface area contributed by atoms with E-state index in [-0.39, 0.29) is 11.9 Å². The third-order valence-electron chi connectivity index (χ3n) is 2.64. The standard InChI is InChI=1S/C11H19N3OS/c1-6(12)11(15)14(5)8(3)10-7(2)13-9(4)16-10/h6,8H,12H2,1-5H3. The molecule has 0 fully saturated rings. The number of carbonyl (C=O) groups excluding carboxylic acids is 1. The van der Waals surface area contributed by atoms with Gasteiger partial charge in [-0.3, -0.25) is 4.79 Å². The normalized spacial score (nSPS) is 14.6. The lowest BCUT2D eigenvalue weighted by Crippen LogP contribution is -2.40. The van der Waals surface area contributed by atoms with Gasteiger partial charge in [0.05, 0.1) is 22.8 Å². The Labute approximate surface area is 100 Å². The van der Waals surface area contributed by atoms with Crippen molar-refractivity contribution < 1.29 is 4.79 Å². The smallest absolute Gasteiger partial charge is 0.239 e. The molecule has 2 N–H and O–H groups in total. The lowest BCUT2D eigenvalue weighted by atomic mass is 10.2. The number of aromatic nitrogens is 1. The van der Waals surface area contributed by atoms with Crippen molar-refractivity contribution in [1.29, 1.82) is 0 Å². The number of thiazole rings is 1. The van der Waals surface area contributed by atoms with Crippen molar-refractivity contribution in [2.24, 2.45) is 5.73 Å². The SMILES string of the molecule is Cc1nc(C)c(C(C)N(C)C(=O)C(C)N)s1. The van der Waals surface area contributed by atoms with Crippen molar-refractivity contribution in [3.8, 4) is 0 Å². The van der Waals surface area contributed by atoms with Gasteiger partial charge in [0.2, 0.25) is 5.91 Å². The van der Waals surface area contributed by atoms with E-state index in [0.29, 0.717) is 0 Å². The number of aryl methyl sites for hydroxylation is 2. The van der Waals surface area contributed by atoms with E-state index in [1.165, 1.54) is 0 Å². The molecule has 0 bridgehead atoms. The average Bonchev–Trinajstić information content (AvgIpc) is 2.54. The molecule has 0 aliphatic heterocycles. The monoisotopic (exact) mass is 241 g/mol. The Hall–Kier alpha value is -0.940. The highest BCUT2D eigenvalue weighted by Gasteiger charge is 2.23. The topological polar surface area (TPSA) is 59.2 Å². The second-order valence-electron chi connectivity index (χ2n) is 4.10. The summed E-state index contributed by atoms with van der Waals surface area (Å²) in [4.78, 5) is 18.9. The van der Waals surface area contributed by atoms with Gasteiger partial charge in [-0.15, -0.1) is 11.3 Å². The quantitative estimate of drug-likeness (QED) is 0.875. The molecule has 0 aliphatic carbocycles. The van der Waals surface area contributed by atoms with E-state index < -0.39 is 6.04 Å². The van der Waals surface area contributed by atoms with Crippen LogP contribution in [0.1, 0.15) is 35.5 Å². The molecule has 1 amide bonds. The van der Waals surface area contributed by atoms with Gasteiger partial charge in [-0.05, 0) is 27.7 Å². The second-order valence-corrected chi connectivity index (χ2v) is 5.33. The molecule has 90 valence electrons. The third-order valence-corrected chi connectivity index (χ3v) is 3.88. The van der Waals surface area contributed by atoms with E-state index in [1.54, 1.807) is 30.2 Å². The molecule has 16 heavy (non-hydrogen) atoms. The van der Waals surface area contributed by atoms with Crippen LogP contribution in [-0.4, -0.2) is 28.9 Å². The van der Waals surface area contributed by atoms with Crippen LogP contribution in [0.2, 0.25) is 0 Å². The van der Waals surface area contributed by atoms with E-state index in [0.717, 1.165) is 15.6 Å². The maximum atomic E-state index is 11.8. The maximum Gasteiger partial charge on any atom is 0.239 e. The zero-order valence-electron chi connectivity index (χ0n) is 10.4. The van der Waals surface area contributed by atoms with Gasteiger partial charge in [-0.25, -0.2) is 4.98 Å². The summed E-state index contributed by atoms with van der Waals surface area (Å²) in [7, 11) is 1.78. The number of carbonyl (C=O) groups is 1.